The van der Waals surface area contributed by atoms with E-state index in [0.29, 0.717) is 28.5 Å². The lowest BCUT2D eigenvalue weighted by Crippen LogP contribution is -1.98. The molecule has 2 aromatic heterocycles. The second-order valence-electron chi connectivity index (χ2n) is 5.09. The van der Waals surface area contributed by atoms with Crippen LogP contribution in [0, 0.1) is 0 Å². The number of aromatic amines is 1. The SMILES string of the molecule is Nc1nc(-c2ccccc2)nc2n[nH]c(Nc3ccccc3)c12. The van der Waals surface area contributed by atoms with Gasteiger partial charge in [-0.3, -0.25) is 5.10 Å². The van der Waals surface area contributed by atoms with Crippen LogP contribution in [0.2, 0.25) is 0 Å². The van der Waals surface area contributed by atoms with Gasteiger partial charge in [0.25, 0.3) is 0 Å². The minimum Gasteiger partial charge on any atom is -0.383 e. The van der Waals surface area contributed by atoms with E-state index < -0.39 is 0 Å². The van der Waals surface area contributed by atoms with Gasteiger partial charge in [-0.2, -0.15) is 5.10 Å². The molecule has 0 bridgehead atoms. The largest absolute Gasteiger partial charge is 0.383 e. The minimum atomic E-state index is 0.390. The van der Waals surface area contributed by atoms with Crippen molar-refractivity contribution in [2.24, 2.45) is 0 Å². The molecular weight excluding hydrogens is 288 g/mol. The van der Waals surface area contributed by atoms with Crippen molar-refractivity contribution in [2.45, 2.75) is 0 Å². The van der Waals surface area contributed by atoms with Crippen LogP contribution in [0.3, 0.4) is 0 Å². The van der Waals surface area contributed by atoms with E-state index >= 15 is 0 Å². The summed E-state index contributed by atoms with van der Waals surface area (Å²) in [5, 5.41) is 11.1. The van der Waals surface area contributed by atoms with E-state index in [0.717, 1.165) is 11.3 Å². The van der Waals surface area contributed by atoms with Gasteiger partial charge in [0.1, 0.15) is 17.0 Å². The highest BCUT2D eigenvalue weighted by Crippen LogP contribution is 2.28. The van der Waals surface area contributed by atoms with Crippen LogP contribution < -0.4 is 11.1 Å². The molecule has 0 atom stereocenters. The summed E-state index contributed by atoms with van der Waals surface area (Å²) in [6.07, 6.45) is 0. The average Bonchev–Trinajstić information content (AvgIpc) is 3.00. The summed E-state index contributed by atoms with van der Waals surface area (Å²) in [4.78, 5) is 8.91. The van der Waals surface area contributed by atoms with Crippen LogP contribution in [-0.4, -0.2) is 20.2 Å². The normalized spacial score (nSPS) is 10.8. The van der Waals surface area contributed by atoms with E-state index in [4.69, 9.17) is 5.73 Å². The topological polar surface area (TPSA) is 92.5 Å². The average molecular weight is 302 g/mol. The molecule has 0 fully saturated rings. The highest BCUT2D eigenvalue weighted by Gasteiger charge is 2.14. The van der Waals surface area contributed by atoms with Gasteiger partial charge >= 0.3 is 0 Å². The third-order valence-corrected chi connectivity index (χ3v) is 3.52. The van der Waals surface area contributed by atoms with Crippen LogP contribution in [0.4, 0.5) is 17.3 Å². The molecule has 0 amide bonds. The number of nitrogens with one attached hydrogen (secondary N) is 2. The van der Waals surface area contributed by atoms with E-state index in [1.54, 1.807) is 0 Å². The molecule has 23 heavy (non-hydrogen) atoms. The molecule has 2 aromatic carbocycles. The summed E-state index contributed by atoms with van der Waals surface area (Å²) in [5.41, 5.74) is 8.52. The molecular formula is C17H14N6. The van der Waals surface area contributed by atoms with Crippen molar-refractivity contribution in [2.75, 3.05) is 11.1 Å². The molecule has 0 aliphatic rings. The molecule has 0 saturated carbocycles. The van der Waals surface area contributed by atoms with Gasteiger partial charge in [0.2, 0.25) is 0 Å². The number of H-pyrrole nitrogens is 1. The highest BCUT2D eigenvalue weighted by atomic mass is 15.2. The second kappa shape index (κ2) is 5.42. The Morgan fingerprint density at radius 1 is 0.870 bits per heavy atom. The monoisotopic (exact) mass is 302 g/mol. The predicted octanol–water partition coefficient (Wildman–Crippen LogP) is 3.35. The van der Waals surface area contributed by atoms with Gasteiger partial charge in [0, 0.05) is 11.3 Å². The van der Waals surface area contributed by atoms with Crippen LogP contribution in [0.5, 0.6) is 0 Å². The summed E-state index contributed by atoms with van der Waals surface area (Å²) < 4.78 is 0. The fraction of sp³-hybridized carbons (Fsp3) is 0. The highest BCUT2D eigenvalue weighted by molar-refractivity contribution is 5.97. The number of benzene rings is 2. The van der Waals surface area contributed by atoms with Crippen LogP contribution in [0.25, 0.3) is 22.4 Å². The first-order chi connectivity index (χ1) is 11.3. The van der Waals surface area contributed by atoms with Gasteiger partial charge in [-0.05, 0) is 12.1 Å². The van der Waals surface area contributed by atoms with E-state index in [2.05, 4.69) is 25.5 Å². The lowest BCUT2D eigenvalue weighted by atomic mass is 10.2. The molecule has 112 valence electrons. The number of nitrogens with zero attached hydrogens (tertiary/aromatic N) is 3. The minimum absolute atomic E-state index is 0.390. The maximum Gasteiger partial charge on any atom is 0.188 e. The molecule has 6 heteroatoms. The Bertz CT molecular complexity index is 947. The van der Waals surface area contributed by atoms with Crippen molar-refractivity contribution in [1.29, 1.82) is 0 Å². The van der Waals surface area contributed by atoms with Crippen molar-refractivity contribution in [3.63, 3.8) is 0 Å². The summed E-state index contributed by atoms with van der Waals surface area (Å²) in [6, 6.07) is 19.5. The molecule has 0 aliphatic carbocycles. The zero-order chi connectivity index (χ0) is 15.6. The Labute approximate surface area is 132 Å². The fourth-order valence-corrected chi connectivity index (χ4v) is 2.42. The van der Waals surface area contributed by atoms with Crippen molar-refractivity contribution in [1.82, 2.24) is 20.2 Å². The molecule has 4 aromatic rings. The van der Waals surface area contributed by atoms with E-state index in [-0.39, 0.29) is 0 Å². The van der Waals surface area contributed by atoms with Crippen LogP contribution >= 0.6 is 0 Å². The summed E-state index contributed by atoms with van der Waals surface area (Å²) >= 11 is 0. The summed E-state index contributed by atoms with van der Waals surface area (Å²) in [7, 11) is 0. The van der Waals surface area contributed by atoms with Crippen LogP contribution in [0.1, 0.15) is 0 Å². The summed E-state index contributed by atoms with van der Waals surface area (Å²) in [6.45, 7) is 0. The Morgan fingerprint density at radius 2 is 1.57 bits per heavy atom. The predicted molar refractivity (Wildman–Crippen MR) is 91.3 cm³/mol. The van der Waals surface area contributed by atoms with Crippen molar-refractivity contribution >= 4 is 28.4 Å². The molecule has 0 spiro atoms. The third kappa shape index (κ3) is 2.46. The van der Waals surface area contributed by atoms with Crippen molar-refractivity contribution < 1.29 is 0 Å². The first kappa shape index (κ1) is 13.3. The molecule has 4 rings (SSSR count). The lowest BCUT2D eigenvalue weighted by molar-refractivity contribution is 1.09. The van der Waals surface area contributed by atoms with Gasteiger partial charge in [-0.25, -0.2) is 9.97 Å². The zero-order valence-electron chi connectivity index (χ0n) is 12.2. The van der Waals surface area contributed by atoms with Gasteiger partial charge in [0.15, 0.2) is 11.5 Å². The van der Waals surface area contributed by atoms with Gasteiger partial charge in [-0.15, -0.1) is 0 Å². The molecule has 0 unspecified atom stereocenters. The maximum absolute atomic E-state index is 6.14. The first-order valence-corrected chi connectivity index (χ1v) is 7.20. The van der Waals surface area contributed by atoms with Crippen molar-refractivity contribution in [3.8, 4) is 11.4 Å². The van der Waals surface area contributed by atoms with Crippen molar-refractivity contribution in [3.05, 3.63) is 60.7 Å². The lowest BCUT2D eigenvalue weighted by Gasteiger charge is -2.05. The number of anilines is 3. The third-order valence-electron chi connectivity index (χ3n) is 3.52. The van der Waals surface area contributed by atoms with E-state index in [1.165, 1.54) is 0 Å². The molecule has 4 N–H and O–H groups in total. The summed E-state index contributed by atoms with van der Waals surface area (Å²) in [5.74, 6) is 1.64. The Kier molecular flexibility index (Phi) is 3.12. The molecule has 2 heterocycles. The Balaban J connectivity index is 1.78. The molecule has 0 aliphatic heterocycles. The van der Waals surface area contributed by atoms with Crippen LogP contribution in [0.15, 0.2) is 60.7 Å². The van der Waals surface area contributed by atoms with Gasteiger partial charge in [-0.1, -0.05) is 48.5 Å². The number of hydrogen-bond donors (Lipinski definition) is 3. The molecule has 0 saturated heterocycles. The number of rotatable bonds is 3. The Hall–Kier alpha value is -3.41. The zero-order valence-corrected chi connectivity index (χ0v) is 12.2. The smallest absolute Gasteiger partial charge is 0.188 e. The standard InChI is InChI=1S/C17H14N6/c18-14-13-16(19-12-9-5-2-6-10-12)22-23-17(13)21-15(20-14)11-7-3-1-4-8-11/h1-10H,(H4,18,19,20,21,22,23). The van der Waals surface area contributed by atoms with E-state index in [1.807, 2.05) is 60.7 Å². The number of hydrogen-bond acceptors (Lipinski definition) is 5. The van der Waals surface area contributed by atoms with Crippen LogP contribution in [-0.2, 0) is 0 Å². The Morgan fingerprint density at radius 3 is 2.30 bits per heavy atom. The number of nitrogens with two attached hydrogens (primary N) is 1. The van der Waals surface area contributed by atoms with Gasteiger partial charge < -0.3 is 11.1 Å². The number of nitrogen functional groups attached to an aromatic ring is 1. The molecule has 6 nitrogen and oxygen atoms in total. The number of fused-ring (bicyclic) bond motifs is 1. The molecule has 0 radical (unpaired) electrons. The van der Waals surface area contributed by atoms with E-state index in [9.17, 15) is 0 Å². The maximum atomic E-state index is 6.14. The number of para-hydroxylation sites is 1. The number of aromatic nitrogens is 4. The van der Waals surface area contributed by atoms with Gasteiger partial charge in [0.05, 0.1) is 0 Å². The quantitative estimate of drug-likeness (QED) is 0.539. The second-order valence-corrected chi connectivity index (χ2v) is 5.09. The first-order valence-electron chi connectivity index (χ1n) is 7.20. The fourth-order valence-electron chi connectivity index (χ4n) is 2.42.